The summed E-state index contributed by atoms with van der Waals surface area (Å²) in [6.45, 7) is 3.03. The Kier molecular flexibility index (Phi) is 6.04. The minimum Gasteiger partial charge on any atom is -0.310 e. The zero-order valence-electron chi connectivity index (χ0n) is 11.9. The van der Waals surface area contributed by atoms with Crippen molar-refractivity contribution >= 4 is 23.2 Å². The number of benzene rings is 2. The Morgan fingerprint density at radius 1 is 1.05 bits per heavy atom. The van der Waals surface area contributed by atoms with Crippen LogP contribution in [-0.4, -0.2) is 6.54 Å². The van der Waals surface area contributed by atoms with E-state index in [2.05, 4.69) is 12.2 Å². The Balaban J connectivity index is 2.20. The molecule has 0 saturated carbocycles. The van der Waals surface area contributed by atoms with Crippen molar-refractivity contribution in [1.29, 1.82) is 0 Å². The molecule has 0 aliphatic heterocycles. The fraction of sp³-hybridized carbons (Fsp3) is 0.294. The van der Waals surface area contributed by atoms with Crippen LogP contribution in [0.25, 0.3) is 0 Å². The average molecular weight is 326 g/mol. The first-order valence-electron chi connectivity index (χ1n) is 7.03. The van der Waals surface area contributed by atoms with Crippen LogP contribution >= 0.6 is 23.2 Å². The van der Waals surface area contributed by atoms with Gasteiger partial charge in [-0.15, -0.1) is 0 Å². The van der Waals surface area contributed by atoms with Crippen molar-refractivity contribution in [3.8, 4) is 0 Å². The minimum absolute atomic E-state index is 0.130. The topological polar surface area (TPSA) is 12.0 Å². The second-order valence-corrected chi connectivity index (χ2v) is 5.83. The minimum atomic E-state index is -0.216. The molecule has 0 fully saturated rings. The maximum absolute atomic E-state index is 13.0. The van der Waals surface area contributed by atoms with Gasteiger partial charge in [-0.05, 0) is 54.8 Å². The van der Waals surface area contributed by atoms with Crippen molar-refractivity contribution in [2.24, 2.45) is 0 Å². The van der Waals surface area contributed by atoms with Crippen molar-refractivity contribution in [2.75, 3.05) is 6.54 Å². The number of nitrogens with one attached hydrogen (secondary N) is 1. The second kappa shape index (κ2) is 7.79. The summed E-state index contributed by atoms with van der Waals surface area (Å²) in [4.78, 5) is 0. The van der Waals surface area contributed by atoms with Gasteiger partial charge in [-0.3, -0.25) is 0 Å². The summed E-state index contributed by atoms with van der Waals surface area (Å²) in [5, 5.41) is 4.60. The van der Waals surface area contributed by atoms with E-state index >= 15 is 0 Å². The molecule has 2 aromatic carbocycles. The molecule has 0 radical (unpaired) electrons. The second-order valence-electron chi connectivity index (χ2n) is 5.01. The molecule has 0 bridgehead atoms. The van der Waals surface area contributed by atoms with Gasteiger partial charge >= 0.3 is 0 Å². The van der Waals surface area contributed by atoms with Crippen LogP contribution in [0.2, 0.25) is 10.0 Å². The van der Waals surface area contributed by atoms with Gasteiger partial charge in [0.2, 0.25) is 0 Å². The van der Waals surface area contributed by atoms with Gasteiger partial charge in [0.1, 0.15) is 5.82 Å². The zero-order chi connectivity index (χ0) is 15.2. The SMILES string of the molecule is CCCNC(Cc1ccc(F)cc1)c1ccc(Cl)c(Cl)c1. The molecule has 21 heavy (non-hydrogen) atoms. The summed E-state index contributed by atoms with van der Waals surface area (Å²) in [6.07, 6.45) is 1.82. The highest BCUT2D eigenvalue weighted by atomic mass is 35.5. The molecule has 4 heteroatoms. The van der Waals surface area contributed by atoms with Crippen LogP contribution in [0, 0.1) is 5.82 Å². The quantitative estimate of drug-likeness (QED) is 0.748. The van der Waals surface area contributed by atoms with Crippen LogP contribution in [0.15, 0.2) is 42.5 Å². The monoisotopic (exact) mass is 325 g/mol. The molecule has 2 aromatic rings. The smallest absolute Gasteiger partial charge is 0.123 e. The number of halogens is 3. The van der Waals surface area contributed by atoms with Gasteiger partial charge in [0.15, 0.2) is 0 Å². The molecule has 0 aliphatic carbocycles. The van der Waals surface area contributed by atoms with Gasteiger partial charge in [-0.25, -0.2) is 4.39 Å². The van der Waals surface area contributed by atoms with Crippen molar-refractivity contribution in [3.63, 3.8) is 0 Å². The molecule has 0 aliphatic rings. The predicted octanol–water partition coefficient (Wildman–Crippen LogP) is 5.42. The molecule has 0 saturated heterocycles. The van der Waals surface area contributed by atoms with Crippen LogP contribution in [0.1, 0.15) is 30.5 Å². The molecule has 2 rings (SSSR count). The summed E-state index contributed by atoms with van der Waals surface area (Å²) < 4.78 is 13.0. The lowest BCUT2D eigenvalue weighted by Gasteiger charge is -2.20. The summed E-state index contributed by atoms with van der Waals surface area (Å²) in [6, 6.07) is 12.4. The van der Waals surface area contributed by atoms with Gasteiger partial charge < -0.3 is 5.32 Å². The van der Waals surface area contributed by atoms with Gasteiger partial charge in [-0.1, -0.05) is 48.3 Å². The van der Waals surface area contributed by atoms with E-state index in [1.165, 1.54) is 12.1 Å². The lowest BCUT2D eigenvalue weighted by molar-refractivity contribution is 0.528. The maximum Gasteiger partial charge on any atom is 0.123 e. The Bertz CT molecular complexity index is 584. The van der Waals surface area contributed by atoms with E-state index in [0.29, 0.717) is 10.0 Å². The standard InChI is InChI=1S/C17H18Cl2FN/c1-2-9-21-17(10-12-3-6-14(20)7-4-12)13-5-8-15(18)16(19)11-13/h3-8,11,17,21H,2,9-10H2,1H3. The first-order chi connectivity index (χ1) is 10.1. The molecule has 1 atom stereocenters. The van der Waals surface area contributed by atoms with Crippen LogP contribution in [-0.2, 0) is 6.42 Å². The maximum atomic E-state index is 13.0. The number of hydrogen-bond donors (Lipinski definition) is 1. The molecule has 112 valence electrons. The van der Waals surface area contributed by atoms with E-state index in [9.17, 15) is 4.39 Å². The number of hydrogen-bond acceptors (Lipinski definition) is 1. The number of rotatable bonds is 6. The summed E-state index contributed by atoms with van der Waals surface area (Å²) >= 11 is 12.1. The van der Waals surface area contributed by atoms with E-state index in [-0.39, 0.29) is 11.9 Å². The first-order valence-corrected chi connectivity index (χ1v) is 7.78. The molecule has 0 amide bonds. The third-order valence-electron chi connectivity index (χ3n) is 3.34. The van der Waals surface area contributed by atoms with E-state index in [1.807, 2.05) is 30.3 Å². The first kappa shape index (κ1) is 16.3. The van der Waals surface area contributed by atoms with E-state index < -0.39 is 0 Å². The Labute approximate surface area is 135 Å². The lowest BCUT2D eigenvalue weighted by atomic mass is 9.98. The lowest BCUT2D eigenvalue weighted by Crippen LogP contribution is -2.24. The van der Waals surface area contributed by atoms with E-state index in [0.717, 1.165) is 30.5 Å². The third-order valence-corrected chi connectivity index (χ3v) is 4.08. The van der Waals surface area contributed by atoms with Crippen molar-refractivity contribution in [1.82, 2.24) is 5.32 Å². The fourth-order valence-corrected chi connectivity index (χ4v) is 2.52. The molecule has 0 heterocycles. The van der Waals surface area contributed by atoms with Gasteiger partial charge in [0, 0.05) is 6.04 Å². The summed E-state index contributed by atoms with van der Waals surface area (Å²) in [7, 11) is 0. The van der Waals surface area contributed by atoms with Gasteiger partial charge in [-0.2, -0.15) is 0 Å². The van der Waals surface area contributed by atoms with Crippen molar-refractivity contribution in [3.05, 3.63) is 69.5 Å². The van der Waals surface area contributed by atoms with Gasteiger partial charge in [0.05, 0.1) is 10.0 Å². The normalized spacial score (nSPS) is 12.4. The molecule has 0 aromatic heterocycles. The Hall–Kier alpha value is -1.09. The molecule has 1 unspecified atom stereocenters. The highest BCUT2D eigenvalue weighted by Gasteiger charge is 2.13. The highest BCUT2D eigenvalue weighted by molar-refractivity contribution is 6.42. The van der Waals surface area contributed by atoms with E-state index in [4.69, 9.17) is 23.2 Å². The average Bonchev–Trinajstić information content (AvgIpc) is 2.48. The fourth-order valence-electron chi connectivity index (χ4n) is 2.21. The Morgan fingerprint density at radius 2 is 1.76 bits per heavy atom. The molecular weight excluding hydrogens is 308 g/mol. The van der Waals surface area contributed by atoms with Crippen LogP contribution in [0.4, 0.5) is 4.39 Å². The summed E-state index contributed by atoms with van der Waals surface area (Å²) in [5.41, 5.74) is 2.17. The van der Waals surface area contributed by atoms with Crippen LogP contribution in [0.3, 0.4) is 0 Å². The molecule has 1 N–H and O–H groups in total. The zero-order valence-corrected chi connectivity index (χ0v) is 13.4. The molecular formula is C17H18Cl2FN. The summed E-state index contributed by atoms with van der Waals surface area (Å²) in [5.74, 6) is -0.216. The molecule has 1 nitrogen and oxygen atoms in total. The van der Waals surface area contributed by atoms with Crippen LogP contribution < -0.4 is 5.32 Å². The van der Waals surface area contributed by atoms with Crippen molar-refractivity contribution in [2.45, 2.75) is 25.8 Å². The largest absolute Gasteiger partial charge is 0.310 e. The van der Waals surface area contributed by atoms with Crippen molar-refractivity contribution < 1.29 is 4.39 Å². The van der Waals surface area contributed by atoms with E-state index in [1.54, 1.807) is 0 Å². The third kappa shape index (κ3) is 4.70. The predicted molar refractivity (Wildman–Crippen MR) is 87.6 cm³/mol. The Morgan fingerprint density at radius 3 is 2.38 bits per heavy atom. The highest BCUT2D eigenvalue weighted by Crippen LogP contribution is 2.27. The van der Waals surface area contributed by atoms with Crippen LogP contribution in [0.5, 0.6) is 0 Å². The van der Waals surface area contributed by atoms with Gasteiger partial charge in [0.25, 0.3) is 0 Å². The molecule has 0 spiro atoms.